The molecule has 0 aromatic rings. The highest BCUT2D eigenvalue weighted by Crippen LogP contribution is 2.14. The minimum Gasteiger partial charge on any atom is -0.317 e. The lowest BCUT2D eigenvalue weighted by Gasteiger charge is -2.20. The highest BCUT2D eigenvalue weighted by Gasteiger charge is 2.13. The third-order valence-corrected chi connectivity index (χ3v) is 1.38. The summed E-state index contributed by atoms with van der Waals surface area (Å²) in [6.45, 7) is -2.35. The van der Waals surface area contributed by atoms with Gasteiger partial charge in [-0.05, 0) is 12.2 Å². The second-order valence-corrected chi connectivity index (χ2v) is 2.39. The molecule has 0 atom stereocenters. The van der Waals surface area contributed by atoms with Crippen LogP contribution in [0.15, 0.2) is 23.4 Å². The van der Waals surface area contributed by atoms with E-state index in [-0.39, 0.29) is 6.54 Å². The van der Waals surface area contributed by atoms with E-state index in [2.05, 4.69) is 0 Å². The lowest BCUT2D eigenvalue weighted by atomic mass is 10.4. The molecule has 1 rings (SSSR count). The molecule has 1 aliphatic rings. The Kier molecular flexibility index (Phi) is 2.27. The minimum atomic E-state index is -2.46. The van der Waals surface area contributed by atoms with E-state index in [0.29, 0.717) is 5.03 Å². The first-order chi connectivity index (χ1) is 4.70. The van der Waals surface area contributed by atoms with Gasteiger partial charge in [-0.3, -0.25) is 0 Å². The maximum Gasteiger partial charge on any atom is 0.315 e. The first kappa shape index (κ1) is 7.54. The summed E-state index contributed by atoms with van der Waals surface area (Å²) in [7, 11) is 0. The van der Waals surface area contributed by atoms with Crippen LogP contribution in [0.25, 0.3) is 0 Å². The van der Waals surface area contributed by atoms with Crippen LogP contribution in [0.4, 0.5) is 8.78 Å². The van der Waals surface area contributed by atoms with Crippen molar-refractivity contribution < 1.29 is 8.78 Å². The summed E-state index contributed by atoms with van der Waals surface area (Å²) < 4.78 is 23.8. The Morgan fingerprint density at radius 2 is 2.30 bits per heavy atom. The van der Waals surface area contributed by atoms with E-state index in [4.69, 9.17) is 11.6 Å². The van der Waals surface area contributed by atoms with Gasteiger partial charge in [-0.1, -0.05) is 11.6 Å². The van der Waals surface area contributed by atoms with Gasteiger partial charge in [-0.2, -0.15) is 8.78 Å². The van der Waals surface area contributed by atoms with Crippen LogP contribution in [0.5, 0.6) is 0 Å². The average Bonchev–Trinajstić information content (AvgIpc) is 1.88. The number of nitrogens with zero attached hydrogens (tertiary/aromatic N) is 1. The standard InChI is InChI=1S/C6H6ClF2N/c7-5-2-1-3-10(4-5)6(8)9/h1-3,6H,4H2. The van der Waals surface area contributed by atoms with Crippen LogP contribution >= 0.6 is 11.6 Å². The molecule has 0 aliphatic carbocycles. The van der Waals surface area contributed by atoms with Crippen LogP contribution in [0.2, 0.25) is 0 Å². The van der Waals surface area contributed by atoms with Crippen molar-refractivity contribution in [1.29, 1.82) is 0 Å². The monoisotopic (exact) mass is 165 g/mol. The number of alkyl halides is 2. The number of hydrogen-bond acceptors (Lipinski definition) is 1. The zero-order valence-electron chi connectivity index (χ0n) is 5.10. The summed E-state index contributed by atoms with van der Waals surface area (Å²) >= 11 is 5.49. The molecule has 0 radical (unpaired) electrons. The predicted molar refractivity (Wildman–Crippen MR) is 35.8 cm³/mol. The zero-order chi connectivity index (χ0) is 7.56. The van der Waals surface area contributed by atoms with E-state index in [1.165, 1.54) is 12.3 Å². The van der Waals surface area contributed by atoms with Crippen molar-refractivity contribution in [3.63, 3.8) is 0 Å². The molecule has 0 unspecified atom stereocenters. The molecule has 56 valence electrons. The van der Waals surface area contributed by atoms with Crippen molar-refractivity contribution in [1.82, 2.24) is 4.90 Å². The van der Waals surface area contributed by atoms with Crippen molar-refractivity contribution in [2.75, 3.05) is 6.54 Å². The molecule has 0 spiro atoms. The van der Waals surface area contributed by atoms with Crippen LogP contribution in [0, 0.1) is 0 Å². The van der Waals surface area contributed by atoms with Crippen LogP contribution < -0.4 is 0 Å². The highest BCUT2D eigenvalue weighted by atomic mass is 35.5. The lowest BCUT2D eigenvalue weighted by molar-refractivity contribution is 0.0119. The Labute approximate surface area is 62.6 Å². The Bertz CT molecular complexity index is 177. The Morgan fingerprint density at radius 1 is 1.60 bits per heavy atom. The van der Waals surface area contributed by atoms with Crippen molar-refractivity contribution in [2.24, 2.45) is 0 Å². The molecule has 1 heterocycles. The fourth-order valence-electron chi connectivity index (χ4n) is 0.672. The fraction of sp³-hybridized carbons (Fsp3) is 0.333. The van der Waals surface area contributed by atoms with Gasteiger partial charge in [-0.15, -0.1) is 0 Å². The average molecular weight is 166 g/mol. The second kappa shape index (κ2) is 3.01. The zero-order valence-corrected chi connectivity index (χ0v) is 5.85. The molecule has 0 aromatic carbocycles. The van der Waals surface area contributed by atoms with Gasteiger partial charge >= 0.3 is 6.55 Å². The Morgan fingerprint density at radius 3 is 2.70 bits per heavy atom. The normalized spacial score (nSPS) is 18.0. The maximum atomic E-state index is 11.9. The fourth-order valence-corrected chi connectivity index (χ4v) is 0.883. The van der Waals surface area contributed by atoms with Crippen molar-refractivity contribution in [3.05, 3.63) is 23.4 Å². The molecule has 1 aliphatic heterocycles. The third kappa shape index (κ3) is 1.70. The topological polar surface area (TPSA) is 3.24 Å². The summed E-state index contributed by atoms with van der Waals surface area (Å²) in [5.41, 5.74) is 0. The van der Waals surface area contributed by atoms with Crippen LogP contribution in [-0.2, 0) is 0 Å². The van der Waals surface area contributed by atoms with E-state index in [1.807, 2.05) is 0 Å². The van der Waals surface area contributed by atoms with Gasteiger partial charge in [0.15, 0.2) is 0 Å². The Hall–Kier alpha value is -0.570. The number of hydrogen-bond donors (Lipinski definition) is 0. The van der Waals surface area contributed by atoms with Gasteiger partial charge in [0.25, 0.3) is 0 Å². The van der Waals surface area contributed by atoms with Gasteiger partial charge < -0.3 is 4.90 Å². The summed E-state index contributed by atoms with van der Waals surface area (Å²) in [6.07, 6.45) is 4.41. The van der Waals surface area contributed by atoms with Gasteiger partial charge in [0, 0.05) is 11.2 Å². The van der Waals surface area contributed by atoms with Crippen LogP contribution in [-0.4, -0.2) is 18.0 Å². The van der Waals surface area contributed by atoms with E-state index < -0.39 is 6.55 Å². The summed E-state index contributed by atoms with van der Waals surface area (Å²) in [4.78, 5) is 0.863. The molecule has 0 saturated carbocycles. The Balaban J connectivity index is 2.55. The predicted octanol–water partition coefficient (Wildman–Crippen LogP) is 2.16. The van der Waals surface area contributed by atoms with Gasteiger partial charge in [-0.25, -0.2) is 0 Å². The molecular weight excluding hydrogens is 160 g/mol. The van der Waals surface area contributed by atoms with Crippen LogP contribution in [0.1, 0.15) is 0 Å². The maximum absolute atomic E-state index is 11.9. The van der Waals surface area contributed by atoms with E-state index in [0.717, 1.165) is 4.90 Å². The van der Waals surface area contributed by atoms with Crippen molar-refractivity contribution in [3.8, 4) is 0 Å². The third-order valence-electron chi connectivity index (χ3n) is 1.14. The smallest absolute Gasteiger partial charge is 0.315 e. The second-order valence-electron chi connectivity index (χ2n) is 1.91. The molecule has 0 fully saturated rings. The summed E-state index contributed by atoms with van der Waals surface area (Å²) in [5.74, 6) is 0. The molecule has 1 nitrogen and oxygen atoms in total. The first-order valence-electron chi connectivity index (χ1n) is 2.77. The SMILES string of the molecule is FC(F)N1C=CC=C(Cl)C1. The molecular formula is C6H6ClF2N. The van der Waals surface area contributed by atoms with Gasteiger partial charge in [0.1, 0.15) is 0 Å². The molecule has 4 heteroatoms. The van der Waals surface area contributed by atoms with E-state index >= 15 is 0 Å². The number of rotatable bonds is 1. The first-order valence-corrected chi connectivity index (χ1v) is 3.14. The summed E-state index contributed by atoms with van der Waals surface area (Å²) in [5, 5.41) is 0.433. The van der Waals surface area contributed by atoms with Crippen molar-refractivity contribution in [2.45, 2.75) is 6.55 Å². The minimum absolute atomic E-state index is 0.107. The number of allylic oxidation sites excluding steroid dienone is 2. The van der Waals surface area contributed by atoms with E-state index in [9.17, 15) is 8.78 Å². The molecule has 0 aromatic heterocycles. The molecule has 0 saturated heterocycles. The van der Waals surface area contributed by atoms with E-state index in [1.54, 1.807) is 6.08 Å². The summed E-state index contributed by atoms with van der Waals surface area (Å²) in [6, 6.07) is 0. The highest BCUT2D eigenvalue weighted by molar-refractivity contribution is 6.30. The number of halogens is 3. The molecule has 0 bridgehead atoms. The molecule has 0 amide bonds. The lowest BCUT2D eigenvalue weighted by Crippen LogP contribution is -2.25. The largest absolute Gasteiger partial charge is 0.317 e. The molecule has 10 heavy (non-hydrogen) atoms. The van der Waals surface area contributed by atoms with Gasteiger partial charge in [0.05, 0.1) is 6.54 Å². The van der Waals surface area contributed by atoms with Crippen molar-refractivity contribution >= 4 is 11.6 Å². The van der Waals surface area contributed by atoms with Gasteiger partial charge in [0.2, 0.25) is 0 Å². The molecule has 0 N–H and O–H groups in total. The quantitative estimate of drug-likeness (QED) is 0.539. The van der Waals surface area contributed by atoms with Crippen LogP contribution in [0.3, 0.4) is 0 Å².